The minimum absolute atomic E-state index is 0.178. The second kappa shape index (κ2) is 9.91. The van der Waals surface area contributed by atoms with Crippen molar-refractivity contribution in [3.05, 3.63) is 54.1 Å². The molecule has 0 aliphatic rings. The highest BCUT2D eigenvalue weighted by Gasteiger charge is 2.16. The zero-order valence-corrected chi connectivity index (χ0v) is 15.7. The Hall–Kier alpha value is -2.41. The third kappa shape index (κ3) is 6.48. The van der Waals surface area contributed by atoms with Crippen molar-refractivity contribution in [2.45, 2.75) is 20.0 Å². The Morgan fingerprint density at radius 1 is 1.27 bits per heavy atom. The third-order valence-corrected chi connectivity index (χ3v) is 4.08. The van der Waals surface area contributed by atoms with Crippen molar-refractivity contribution in [3.63, 3.8) is 0 Å². The molecular formula is C19H28FN5O. The molecule has 2 aromatic rings. The number of nitrogens with zero attached hydrogens (tertiary/aromatic N) is 4. The Morgan fingerprint density at radius 2 is 2.04 bits per heavy atom. The van der Waals surface area contributed by atoms with E-state index in [1.807, 2.05) is 35.9 Å². The number of rotatable bonds is 9. The van der Waals surface area contributed by atoms with Crippen molar-refractivity contribution < 1.29 is 9.18 Å². The van der Waals surface area contributed by atoms with Crippen molar-refractivity contribution >= 4 is 6.03 Å². The fraction of sp³-hybridized carbons (Fsp3) is 0.474. The van der Waals surface area contributed by atoms with Crippen molar-refractivity contribution in [1.29, 1.82) is 0 Å². The molecule has 1 heterocycles. The standard InChI is InChI=1S/C19H28FN5O/c1-16(14-25-10-6-9-22-25)13-21-19(26)24(12-11-23(2)3)15-17-7-4-5-8-18(17)20/h4-10,16H,11-15H2,1-3H3,(H,21,26). The third-order valence-electron chi connectivity index (χ3n) is 4.08. The Bertz CT molecular complexity index is 674. The van der Waals surface area contributed by atoms with Crippen LogP contribution in [-0.4, -0.2) is 59.3 Å². The molecular weight excluding hydrogens is 333 g/mol. The van der Waals surface area contributed by atoms with Crippen molar-refractivity contribution in [3.8, 4) is 0 Å². The molecule has 142 valence electrons. The van der Waals surface area contributed by atoms with Gasteiger partial charge < -0.3 is 15.1 Å². The lowest BCUT2D eigenvalue weighted by atomic mass is 10.2. The van der Waals surface area contributed by atoms with Gasteiger partial charge in [-0.05, 0) is 32.1 Å². The topological polar surface area (TPSA) is 53.4 Å². The van der Waals surface area contributed by atoms with Crippen LogP contribution in [0.1, 0.15) is 12.5 Å². The van der Waals surface area contributed by atoms with Crippen LogP contribution in [0.3, 0.4) is 0 Å². The van der Waals surface area contributed by atoms with E-state index in [0.29, 0.717) is 25.2 Å². The van der Waals surface area contributed by atoms with Gasteiger partial charge in [0.2, 0.25) is 0 Å². The van der Waals surface area contributed by atoms with Gasteiger partial charge in [0.1, 0.15) is 5.82 Å². The van der Waals surface area contributed by atoms with Crippen molar-refractivity contribution in [1.82, 2.24) is 24.9 Å². The highest BCUT2D eigenvalue weighted by molar-refractivity contribution is 5.74. The second-order valence-electron chi connectivity index (χ2n) is 6.84. The van der Waals surface area contributed by atoms with Gasteiger partial charge in [0, 0.05) is 44.1 Å². The van der Waals surface area contributed by atoms with Gasteiger partial charge in [0.15, 0.2) is 0 Å². The number of likely N-dealkylation sites (N-methyl/N-ethyl adjacent to an activating group) is 1. The van der Waals surface area contributed by atoms with Crippen LogP contribution in [0.2, 0.25) is 0 Å². The van der Waals surface area contributed by atoms with Crippen molar-refractivity contribution in [2.24, 2.45) is 5.92 Å². The Labute approximate surface area is 154 Å². The summed E-state index contributed by atoms with van der Waals surface area (Å²) >= 11 is 0. The lowest BCUT2D eigenvalue weighted by molar-refractivity contribution is 0.186. The lowest BCUT2D eigenvalue weighted by Crippen LogP contribution is -2.44. The molecule has 1 N–H and O–H groups in total. The molecule has 0 fully saturated rings. The molecule has 0 aliphatic carbocycles. The number of halogens is 1. The van der Waals surface area contributed by atoms with Gasteiger partial charge >= 0.3 is 6.03 Å². The van der Waals surface area contributed by atoms with E-state index in [1.54, 1.807) is 29.3 Å². The van der Waals surface area contributed by atoms with Gasteiger partial charge in [-0.15, -0.1) is 0 Å². The number of carbonyl (C=O) groups excluding carboxylic acids is 1. The lowest BCUT2D eigenvalue weighted by Gasteiger charge is -2.26. The summed E-state index contributed by atoms with van der Waals surface area (Å²) in [6.45, 7) is 4.82. The Morgan fingerprint density at radius 3 is 2.69 bits per heavy atom. The number of amides is 2. The van der Waals surface area contributed by atoms with Gasteiger partial charge in [-0.25, -0.2) is 9.18 Å². The molecule has 2 amide bonds. The Kier molecular flexibility index (Phi) is 7.59. The van der Waals surface area contributed by atoms with Crippen LogP contribution >= 0.6 is 0 Å². The van der Waals surface area contributed by atoms with Crippen LogP contribution in [0.15, 0.2) is 42.7 Å². The SMILES string of the molecule is CC(CNC(=O)N(CCN(C)C)Cc1ccccc1F)Cn1cccn1. The van der Waals surface area contributed by atoms with E-state index in [0.717, 1.165) is 6.54 Å². The first kappa shape index (κ1) is 19.9. The van der Waals surface area contributed by atoms with Gasteiger partial charge in [0.05, 0.1) is 6.54 Å². The van der Waals surface area contributed by atoms with Gasteiger partial charge in [-0.3, -0.25) is 4.68 Å². The van der Waals surface area contributed by atoms with Crippen LogP contribution in [-0.2, 0) is 13.1 Å². The number of nitrogens with one attached hydrogen (secondary N) is 1. The number of aromatic nitrogens is 2. The summed E-state index contributed by atoms with van der Waals surface area (Å²) in [5.74, 6) is -0.0507. The Balaban J connectivity index is 1.92. The number of urea groups is 1. The molecule has 6 nitrogen and oxygen atoms in total. The average Bonchev–Trinajstić information content (AvgIpc) is 3.10. The molecule has 26 heavy (non-hydrogen) atoms. The summed E-state index contributed by atoms with van der Waals surface area (Å²) in [7, 11) is 3.90. The summed E-state index contributed by atoms with van der Waals surface area (Å²) in [6.07, 6.45) is 3.64. The number of benzene rings is 1. The van der Waals surface area contributed by atoms with Crippen LogP contribution in [0.5, 0.6) is 0 Å². The highest BCUT2D eigenvalue weighted by Crippen LogP contribution is 2.10. The minimum Gasteiger partial charge on any atom is -0.338 e. The smallest absolute Gasteiger partial charge is 0.317 e. The monoisotopic (exact) mass is 361 g/mol. The van der Waals surface area contributed by atoms with E-state index in [2.05, 4.69) is 17.3 Å². The van der Waals surface area contributed by atoms with E-state index in [-0.39, 0.29) is 24.3 Å². The molecule has 2 rings (SSSR count). The van der Waals surface area contributed by atoms with Crippen molar-refractivity contribution in [2.75, 3.05) is 33.7 Å². The number of carbonyl (C=O) groups is 1. The largest absolute Gasteiger partial charge is 0.338 e. The predicted octanol–water partition coefficient (Wildman–Crippen LogP) is 2.43. The molecule has 0 spiro atoms. The van der Waals surface area contributed by atoms with E-state index in [9.17, 15) is 9.18 Å². The molecule has 1 aromatic carbocycles. The fourth-order valence-electron chi connectivity index (χ4n) is 2.57. The fourth-order valence-corrected chi connectivity index (χ4v) is 2.57. The van der Waals surface area contributed by atoms with E-state index >= 15 is 0 Å². The quantitative estimate of drug-likeness (QED) is 0.746. The number of hydrogen-bond donors (Lipinski definition) is 1. The summed E-state index contributed by atoms with van der Waals surface area (Å²) in [6, 6.07) is 8.27. The molecule has 0 radical (unpaired) electrons. The zero-order valence-electron chi connectivity index (χ0n) is 15.7. The van der Waals surface area contributed by atoms with Crippen LogP contribution in [0, 0.1) is 11.7 Å². The number of hydrogen-bond acceptors (Lipinski definition) is 3. The first-order valence-corrected chi connectivity index (χ1v) is 8.84. The zero-order chi connectivity index (χ0) is 18.9. The molecule has 0 aliphatic heterocycles. The maximum atomic E-state index is 14.0. The first-order valence-electron chi connectivity index (χ1n) is 8.84. The normalized spacial score (nSPS) is 12.2. The molecule has 0 saturated heterocycles. The molecule has 1 aromatic heterocycles. The molecule has 1 unspecified atom stereocenters. The van der Waals surface area contributed by atoms with Gasteiger partial charge in [-0.1, -0.05) is 25.1 Å². The first-order chi connectivity index (χ1) is 12.5. The van der Waals surface area contributed by atoms with E-state index in [4.69, 9.17) is 0 Å². The van der Waals surface area contributed by atoms with Crippen LogP contribution in [0.4, 0.5) is 9.18 Å². The van der Waals surface area contributed by atoms with Crippen LogP contribution in [0.25, 0.3) is 0 Å². The summed E-state index contributed by atoms with van der Waals surface area (Å²) in [4.78, 5) is 16.3. The minimum atomic E-state index is -0.290. The van der Waals surface area contributed by atoms with Crippen LogP contribution < -0.4 is 5.32 Å². The maximum Gasteiger partial charge on any atom is 0.317 e. The molecule has 0 saturated carbocycles. The predicted molar refractivity (Wildman–Crippen MR) is 100 cm³/mol. The van der Waals surface area contributed by atoms with Gasteiger partial charge in [-0.2, -0.15) is 5.10 Å². The molecule has 1 atom stereocenters. The molecule has 7 heteroatoms. The summed E-state index contributed by atoms with van der Waals surface area (Å²) in [5, 5.41) is 7.14. The summed E-state index contributed by atoms with van der Waals surface area (Å²) in [5.41, 5.74) is 0.519. The highest BCUT2D eigenvalue weighted by atomic mass is 19.1. The second-order valence-corrected chi connectivity index (χ2v) is 6.84. The molecule has 0 bridgehead atoms. The van der Waals surface area contributed by atoms with Gasteiger partial charge in [0.25, 0.3) is 0 Å². The maximum absolute atomic E-state index is 14.0. The van der Waals surface area contributed by atoms with E-state index < -0.39 is 0 Å². The van der Waals surface area contributed by atoms with E-state index in [1.165, 1.54) is 6.07 Å². The average molecular weight is 361 g/mol. The summed E-state index contributed by atoms with van der Waals surface area (Å²) < 4.78 is 15.8.